The molecule has 1 aromatic heterocycles. The first-order chi connectivity index (χ1) is 17.8. The standard InChI is InChI=1S/C28H32N4O5/c1-20(2)32(28(34)30-23-10-7-22(17-29)8-11-23)19-27(33)31(18-24-6-5-15-37-24)14-13-21-9-12-25(35-3)26(16-21)36-4/h5-12,15-16,20H,13-14,18-19H2,1-4H3,(H,30,34). The number of benzene rings is 2. The highest BCUT2D eigenvalue weighted by Crippen LogP contribution is 2.28. The van der Waals surface area contributed by atoms with Crippen LogP contribution in [0.15, 0.2) is 65.3 Å². The van der Waals surface area contributed by atoms with Gasteiger partial charge in [-0.2, -0.15) is 5.26 Å². The second kappa shape index (κ2) is 13.0. The molecular formula is C28H32N4O5. The molecule has 3 aromatic rings. The van der Waals surface area contributed by atoms with Gasteiger partial charge in [0.25, 0.3) is 0 Å². The molecule has 0 unspecified atom stereocenters. The molecule has 3 amide bonds. The minimum atomic E-state index is -0.397. The highest BCUT2D eigenvalue weighted by molar-refractivity contribution is 5.92. The maximum Gasteiger partial charge on any atom is 0.322 e. The SMILES string of the molecule is COc1ccc(CCN(Cc2ccco2)C(=O)CN(C(=O)Nc2ccc(C#N)cc2)C(C)C)cc1OC. The van der Waals surface area contributed by atoms with E-state index in [2.05, 4.69) is 5.32 Å². The maximum absolute atomic E-state index is 13.5. The van der Waals surface area contributed by atoms with Crippen LogP contribution < -0.4 is 14.8 Å². The lowest BCUT2D eigenvalue weighted by Gasteiger charge is -2.30. The van der Waals surface area contributed by atoms with Crippen LogP contribution in [0.2, 0.25) is 0 Å². The van der Waals surface area contributed by atoms with E-state index in [9.17, 15) is 9.59 Å². The highest BCUT2D eigenvalue weighted by Gasteiger charge is 2.24. The van der Waals surface area contributed by atoms with Gasteiger partial charge >= 0.3 is 6.03 Å². The Morgan fingerprint density at radius 2 is 1.78 bits per heavy atom. The van der Waals surface area contributed by atoms with Crippen molar-refractivity contribution in [1.82, 2.24) is 9.80 Å². The monoisotopic (exact) mass is 504 g/mol. The van der Waals surface area contributed by atoms with Gasteiger partial charge in [0.2, 0.25) is 5.91 Å². The lowest BCUT2D eigenvalue weighted by Crippen LogP contribution is -2.47. The first-order valence-electron chi connectivity index (χ1n) is 11.9. The summed E-state index contributed by atoms with van der Waals surface area (Å²) in [5.74, 6) is 1.70. The van der Waals surface area contributed by atoms with Gasteiger partial charge in [-0.15, -0.1) is 0 Å². The van der Waals surface area contributed by atoms with Crippen molar-refractivity contribution in [3.8, 4) is 17.6 Å². The molecule has 0 aliphatic rings. The molecule has 0 aliphatic heterocycles. The van der Waals surface area contributed by atoms with Crippen molar-refractivity contribution in [3.63, 3.8) is 0 Å². The van der Waals surface area contributed by atoms with Crippen LogP contribution in [0.1, 0.15) is 30.7 Å². The van der Waals surface area contributed by atoms with Gasteiger partial charge in [-0.25, -0.2) is 4.79 Å². The highest BCUT2D eigenvalue weighted by atomic mass is 16.5. The van der Waals surface area contributed by atoms with Crippen molar-refractivity contribution in [1.29, 1.82) is 5.26 Å². The molecule has 0 fully saturated rings. The molecule has 0 bridgehead atoms. The molecule has 194 valence electrons. The van der Waals surface area contributed by atoms with Crippen LogP contribution in [-0.2, 0) is 17.8 Å². The molecule has 0 saturated carbocycles. The predicted octanol–water partition coefficient (Wildman–Crippen LogP) is 4.68. The normalized spacial score (nSPS) is 10.5. The van der Waals surface area contributed by atoms with Crippen LogP contribution >= 0.6 is 0 Å². The minimum Gasteiger partial charge on any atom is -0.493 e. The minimum absolute atomic E-state index is 0.105. The zero-order valence-corrected chi connectivity index (χ0v) is 21.6. The predicted molar refractivity (Wildman–Crippen MR) is 139 cm³/mol. The van der Waals surface area contributed by atoms with Gasteiger partial charge in [0, 0.05) is 18.3 Å². The first-order valence-corrected chi connectivity index (χ1v) is 11.9. The van der Waals surface area contributed by atoms with Crippen LogP contribution in [0.3, 0.4) is 0 Å². The summed E-state index contributed by atoms with van der Waals surface area (Å²) in [6.45, 7) is 4.30. The van der Waals surface area contributed by atoms with Gasteiger partial charge in [-0.3, -0.25) is 4.79 Å². The third-order valence-corrected chi connectivity index (χ3v) is 5.85. The van der Waals surface area contributed by atoms with Gasteiger partial charge in [0.15, 0.2) is 11.5 Å². The summed E-state index contributed by atoms with van der Waals surface area (Å²) < 4.78 is 16.2. The molecular weight excluding hydrogens is 472 g/mol. The third kappa shape index (κ3) is 7.51. The maximum atomic E-state index is 13.5. The van der Waals surface area contributed by atoms with E-state index >= 15 is 0 Å². The van der Waals surface area contributed by atoms with Crippen molar-refractivity contribution in [3.05, 3.63) is 77.7 Å². The van der Waals surface area contributed by atoms with Gasteiger partial charge in [-0.1, -0.05) is 6.07 Å². The fourth-order valence-corrected chi connectivity index (χ4v) is 3.74. The molecule has 3 rings (SSSR count). The molecule has 2 aromatic carbocycles. The van der Waals surface area contributed by atoms with E-state index in [0.29, 0.717) is 41.5 Å². The molecule has 0 atom stereocenters. The Hall–Kier alpha value is -4.45. The van der Waals surface area contributed by atoms with Crippen LogP contribution in [-0.4, -0.2) is 55.1 Å². The molecule has 9 heteroatoms. The number of urea groups is 1. The first kappa shape index (κ1) is 27.1. The van der Waals surface area contributed by atoms with Gasteiger partial charge in [0.1, 0.15) is 12.3 Å². The number of carbonyl (C=O) groups excluding carboxylic acids is 2. The number of furan rings is 1. The Morgan fingerprint density at radius 3 is 2.38 bits per heavy atom. The Kier molecular flexibility index (Phi) is 9.55. The zero-order valence-electron chi connectivity index (χ0n) is 21.6. The molecule has 0 spiro atoms. The summed E-state index contributed by atoms with van der Waals surface area (Å²) in [5.41, 5.74) is 2.02. The number of rotatable bonds is 11. The lowest BCUT2D eigenvalue weighted by atomic mass is 10.1. The molecule has 1 heterocycles. The van der Waals surface area contributed by atoms with E-state index < -0.39 is 6.03 Å². The number of ether oxygens (including phenoxy) is 2. The van der Waals surface area contributed by atoms with E-state index in [1.165, 1.54) is 4.90 Å². The van der Waals surface area contributed by atoms with Gasteiger partial charge < -0.3 is 29.0 Å². The Labute approximate surface area is 217 Å². The van der Waals surface area contributed by atoms with Crippen molar-refractivity contribution < 1.29 is 23.5 Å². The number of nitrogens with one attached hydrogen (secondary N) is 1. The van der Waals surface area contributed by atoms with E-state index in [4.69, 9.17) is 19.2 Å². The summed E-state index contributed by atoms with van der Waals surface area (Å²) in [7, 11) is 3.16. The zero-order chi connectivity index (χ0) is 26.8. The van der Waals surface area contributed by atoms with Crippen LogP contribution in [0.4, 0.5) is 10.5 Å². The van der Waals surface area contributed by atoms with Crippen LogP contribution in [0.25, 0.3) is 0 Å². The average Bonchev–Trinajstić information content (AvgIpc) is 3.42. The topological polar surface area (TPSA) is 108 Å². The van der Waals surface area contributed by atoms with E-state index in [0.717, 1.165) is 5.56 Å². The lowest BCUT2D eigenvalue weighted by molar-refractivity contribution is -0.133. The van der Waals surface area contributed by atoms with Gasteiger partial charge in [0.05, 0.1) is 38.7 Å². The number of methoxy groups -OCH3 is 2. The summed E-state index contributed by atoms with van der Waals surface area (Å²) in [5, 5.41) is 11.8. The van der Waals surface area contributed by atoms with E-state index in [1.807, 2.05) is 44.2 Å². The number of carbonyl (C=O) groups is 2. The van der Waals surface area contributed by atoms with Crippen molar-refractivity contribution in [2.75, 3.05) is 32.6 Å². The van der Waals surface area contributed by atoms with Crippen molar-refractivity contribution in [2.45, 2.75) is 32.9 Å². The van der Waals surface area contributed by atoms with Crippen molar-refractivity contribution in [2.24, 2.45) is 0 Å². The molecule has 37 heavy (non-hydrogen) atoms. The van der Waals surface area contributed by atoms with Crippen LogP contribution in [0, 0.1) is 11.3 Å². The number of amides is 3. The summed E-state index contributed by atoms with van der Waals surface area (Å²) in [6, 6.07) is 17.2. The Bertz CT molecular complexity index is 1220. The summed E-state index contributed by atoms with van der Waals surface area (Å²) in [4.78, 5) is 29.6. The number of hydrogen-bond donors (Lipinski definition) is 1. The average molecular weight is 505 g/mol. The Balaban J connectivity index is 1.72. The molecule has 0 radical (unpaired) electrons. The quantitative estimate of drug-likeness (QED) is 0.406. The largest absolute Gasteiger partial charge is 0.493 e. The number of nitrogens with zero attached hydrogens (tertiary/aromatic N) is 3. The smallest absolute Gasteiger partial charge is 0.322 e. The fraction of sp³-hybridized carbons (Fsp3) is 0.321. The van der Waals surface area contributed by atoms with Crippen LogP contribution in [0.5, 0.6) is 11.5 Å². The van der Waals surface area contributed by atoms with E-state index in [1.54, 1.807) is 55.7 Å². The molecule has 0 saturated heterocycles. The number of anilines is 1. The second-order valence-corrected chi connectivity index (χ2v) is 8.67. The molecule has 9 nitrogen and oxygen atoms in total. The van der Waals surface area contributed by atoms with Crippen molar-refractivity contribution >= 4 is 17.6 Å². The fourth-order valence-electron chi connectivity index (χ4n) is 3.74. The Morgan fingerprint density at radius 1 is 1.05 bits per heavy atom. The molecule has 1 N–H and O–H groups in total. The summed E-state index contributed by atoms with van der Waals surface area (Å²) >= 11 is 0. The second-order valence-electron chi connectivity index (χ2n) is 8.67. The molecule has 0 aliphatic carbocycles. The van der Waals surface area contributed by atoms with E-state index in [-0.39, 0.29) is 25.0 Å². The number of nitriles is 1. The number of hydrogen-bond acceptors (Lipinski definition) is 6. The van der Waals surface area contributed by atoms with Gasteiger partial charge in [-0.05, 0) is 74.4 Å². The summed E-state index contributed by atoms with van der Waals surface area (Å²) in [6.07, 6.45) is 2.14. The third-order valence-electron chi connectivity index (χ3n) is 5.85.